The van der Waals surface area contributed by atoms with E-state index in [0.717, 1.165) is 29.7 Å². The number of urea groups is 1. The van der Waals surface area contributed by atoms with Crippen molar-refractivity contribution >= 4 is 17.6 Å². The van der Waals surface area contributed by atoms with Gasteiger partial charge in [0.1, 0.15) is 6.26 Å². The second-order valence-electron chi connectivity index (χ2n) is 7.42. The molecule has 1 aliphatic rings. The number of aryl methyl sites for hydroxylation is 1. The molecule has 154 valence electrons. The number of carbonyl (C=O) groups is 2. The van der Waals surface area contributed by atoms with Gasteiger partial charge in [-0.2, -0.15) is 0 Å². The molecule has 0 saturated heterocycles. The summed E-state index contributed by atoms with van der Waals surface area (Å²) < 4.78 is 5.51. The van der Waals surface area contributed by atoms with E-state index in [1.54, 1.807) is 18.4 Å². The third kappa shape index (κ3) is 5.05. The molecule has 1 aliphatic carbocycles. The molecular formula is C23H24N4O3. The molecule has 4 rings (SSSR count). The van der Waals surface area contributed by atoms with Gasteiger partial charge >= 0.3 is 6.03 Å². The number of anilines is 1. The molecule has 3 amide bonds. The minimum absolute atomic E-state index is 0.110. The van der Waals surface area contributed by atoms with Crippen molar-refractivity contribution in [2.45, 2.75) is 32.2 Å². The summed E-state index contributed by atoms with van der Waals surface area (Å²) in [6.07, 6.45) is 4.22. The largest absolute Gasteiger partial charge is 0.444 e. The monoisotopic (exact) mass is 404 g/mol. The van der Waals surface area contributed by atoms with Crippen LogP contribution in [0.15, 0.2) is 59.2 Å². The van der Waals surface area contributed by atoms with Crippen molar-refractivity contribution in [2.24, 2.45) is 0 Å². The van der Waals surface area contributed by atoms with Crippen LogP contribution >= 0.6 is 0 Å². The number of nitrogens with zero attached hydrogens (tertiary/aromatic N) is 1. The normalized spacial score (nSPS) is 13.0. The molecule has 0 unspecified atom stereocenters. The maximum Gasteiger partial charge on any atom is 0.319 e. The molecule has 1 heterocycles. The minimum atomic E-state index is -0.329. The molecule has 30 heavy (non-hydrogen) atoms. The Kier molecular flexibility index (Phi) is 5.79. The van der Waals surface area contributed by atoms with Crippen molar-refractivity contribution in [3.05, 3.63) is 71.6 Å². The van der Waals surface area contributed by atoms with Crippen LogP contribution in [0.25, 0.3) is 11.5 Å². The van der Waals surface area contributed by atoms with Crippen molar-refractivity contribution < 1.29 is 14.0 Å². The maximum atomic E-state index is 12.3. The van der Waals surface area contributed by atoms with E-state index in [9.17, 15) is 9.59 Å². The summed E-state index contributed by atoms with van der Waals surface area (Å²) in [5, 5.41) is 8.59. The van der Waals surface area contributed by atoms with Crippen LogP contribution in [0.3, 0.4) is 0 Å². The molecule has 0 bridgehead atoms. The number of rotatable bonds is 7. The van der Waals surface area contributed by atoms with Crippen LogP contribution in [0.4, 0.5) is 10.5 Å². The Bertz CT molecular complexity index is 1040. The quantitative estimate of drug-likeness (QED) is 0.556. The van der Waals surface area contributed by atoms with Crippen molar-refractivity contribution in [3.63, 3.8) is 0 Å². The molecule has 0 spiro atoms. The van der Waals surface area contributed by atoms with E-state index in [1.165, 1.54) is 0 Å². The Morgan fingerprint density at radius 2 is 1.93 bits per heavy atom. The average Bonchev–Trinajstić information content (AvgIpc) is 3.44. The second-order valence-corrected chi connectivity index (χ2v) is 7.42. The van der Waals surface area contributed by atoms with Gasteiger partial charge in [0.25, 0.3) is 5.91 Å². The lowest BCUT2D eigenvalue weighted by atomic mass is 10.1. The molecule has 0 atom stereocenters. The summed E-state index contributed by atoms with van der Waals surface area (Å²) >= 11 is 0. The first kappa shape index (κ1) is 19.7. The molecule has 0 radical (unpaired) electrons. The van der Waals surface area contributed by atoms with Crippen LogP contribution in [-0.4, -0.2) is 29.5 Å². The Labute approximate surface area is 174 Å². The molecule has 0 aliphatic heterocycles. The number of amides is 3. The van der Waals surface area contributed by atoms with Gasteiger partial charge in [-0.1, -0.05) is 24.3 Å². The molecule has 7 heteroatoms. The molecule has 1 aromatic heterocycles. The van der Waals surface area contributed by atoms with Crippen molar-refractivity contribution in [1.29, 1.82) is 0 Å². The van der Waals surface area contributed by atoms with Crippen LogP contribution in [0.5, 0.6) is 0 Å². The van der Waals surface area contributed by atoms with Crippen molar-refractivity contribution in [3.8, 4) is 11.5 Å². The van der Waals surface area contributed by atoms with E-state index >= 15 is 0 Å². The highest BCUT2D eigenvalue weighted by Gasteiger charge is 2.24. The number of hydrogen-bond acceptors (Lipinski definition) is 4. The number of oxazole rings is 1. The highest BCUT2D eigenvalue weighted by molar-refractivity contribution is 5.97. The van der Waals surface area contributed by atoms with E-state index in [0.29, 0.717) is 30.1 Å². The lowest BCUT2D eigenvalue weighted by Gasteiger charge is -2.11. The smallest absolute Gasteiger partial charge is 0.319 e. The Hall–Kier alpha value is -3.61. The van der Waals surface area contributed by atoms with Gasteiger partial charge in [0.05, 0.1) is 5.69 Å². The molecule has 1 fully saturated rings. The highest BCUT2D eigenvalue weighted by atomic mass is 16.3. The van der Waals surface area contributed by atoms with E-state index in [4.69, 9.17) is 4.42 Å². The number of nitrogens with one attached hydrogen (secondary N) is 3. The van der Waals surface area contributed by atoms with Crippen molar-refractivity contribution in [2.75, 3.05) is 11.9 Å². The summed E-state index contributed by atoms with van der Waals surface area (Å²) in [6.45, 7) is 2.30. The van der Waals surface area contributed by atoms with Crippen LogP contribution in [0, 0.1) is 6.92 Å². The zero-order valence-corrected chi connectivity index (χ0v) is 16.8. The first-order valence-electron chi connectivity index (χ1n) is 10.0. The average molecular weight is 404 g/mol. The topological polar surface area (TPSA) is 96.3 Å². The predicted octanol–water partition coefficient (Wildman–Crippen LogP) is 3.91. The predicted molar refractivity (Wildman–Crippen MR) is 114 cm³/mol. The van der Waals surface area contributed by atoms with E-state index in [2.05, 4.69) is 20.9 Å². The Morgan fingerprint density at radius 3 is 2.70 bits per heavy atom. The van der Waals surface area contributed by atoms with Gasteiger partial charge in [0.15, 0.2) is 0 Å². The number of benzene rings is 2. The maximum absolute atomic E-state index is 12.3. The summed E-state index contributed by atoms with van der Waals surface area (Å²) in [5.41, 5.74) is 3.72. The fourth-order valence-corrected chi connectivity index (χ4v) is 3.00. The zero-order chi connectivity index (χ0) is 20.9. The summed E-state index contributed by atoms with van der Waals surface area (Å²) in [6, 6.07) is 14.9. The molecule has 3 N–H and O–H groups in total. The lowest BCUT2D eigenvalue weighted by Crippen LogP contribution is -2.31. The Balaban J connectivity index is 1.29. The van der Waals surface area contributed by atoms with Crippen LogP contribution in [-0.2, 0) is 6.42 Å². The number of aromatic nitrogens is 1. The van der Waals surface area contributed by atoms with E-state index in [1.807, 2.05) is 43.3 Å². The molecule has 1 saturated carbocycles. The third-order valence-corrected chi connectivity index (χ3v) is 4.90. The van der Waals surface area contributed by atoms with Gasteiger partial charge in [-0.05, 0) is 49.6 Å². The summed E-state index contributed by atoms with van der Waals surface area (Å²) in [7, 11) is 0. The van der Waals surface area contributed by atoms with Gasteiger partial charge in [0.2, 0.25) is 5.89 Å². The third-order valence-electron chi connectivity index (χ3n) is 4.90. The first-order valence-corrected chi connectivity index (χ1v) is 10.0. The van der Waals surface area contributed by atoms with Gasteiger partial charge in [0, 0.05) is 35.8 Å². The molecule has 7 nitrogen and oxygen atoms in total. The second kappa shape index (κ2) is 8.82. The molecule has 3 aromatic rings. The molecule has 2 aromatic carbocycles. The van der Waals surface area contributed by atoms with Crippen molar-refractivity contribution in [1.82, 2.24) is 15.6 Å². The minimum Gasteiger partial charge on any atom is -0.444 e. The summed E-state index contributed by atoms with van der Waals surface area (Å²) in [4.78, 5) is 29.0. The zero-order valence-electron chi connectivity index (χ0n) is 16.8. The van der Waals surface area contributed by atoms with Crippen LogP contribution in [0.1, 0.15) is 34.5 Å². The molecular weight excluding hydrogens is 380 g/mol. The van der Waals surface area contributed by atoms with E-state index in [-0.39, 0.29) is 18.0 Å². The standard InChI is InChI=1S/C23H24N4O3/c1-15-7-8-17(21(28)25-18-9-10-18)13-20(15)27-23(29)24-12-11-19-14-30-22(26-19)16-5-3-2-4-6-16/h2-8,13-14,18H,9-12H2,1H3,(H,25,28)(H2,24,27,29). The lowest BCUT2D eigenvalue weighted by molar-refractivity contribution is 0.0951. The number of carbonyl (C=O) groups excluding carboxylic acids is 2. The number of hydrogen-bond donors (Lipinski definition) is 3. The van der Waals surface area contributed by atoms with E-state index < -0.39 is 0 Å². The van der Waals surface area contributed by atoms with Gasteiger partial charge in [-0.15, -0.1) is 0 Å². The fourth-order valence-electron chi connectivity index (χ4n) is 3.00. The highest BCUT2D eigenvalue weighted by Crippen LogP contribution is 2.21. The van der Waals surface area contributed by atoms with Crippen LogP contribution in [0.2, 0.25) is 0 Å². The first-order chi connectivity index (χ1) is 14.6. The van der Waals surface area contributed by atoms with Crippen LogP contribution < -0.4 is 16.0 Å². The Morgan fingerprint density at radius 1 is 1.13 bits per heavy atom. The van der Waals surface area contributed by atoms with Gasteiger partial charge in [-0.25, -0.2) is 9.78 Å². The fraction of sp³-hybridized carbons (Fsp3) is 0.261. The van der Waals surface area contributed by atoms with Gasteiger partial charge < -0.3 is 20.4 Å². The SMILES string of the molecule is Cc1ccc(C(=O)NC2CC2)cc1NC(=O)NCCc1coc(-c2ccccc2)n1. The van der Waals surface area contributed by atoms with Gasteiger partial charge in [-0.3, -0.25) is 4.79 Å². The summed E-state index contributed by atoms with van der Waals surface area (Å²) in [5.74, 6) is 0.452.